The molecule has 3 rings (SSSR count). The molecule has 0 bridgehead atoms. The molecule has 0 aliphatic carbocycles. The predicted molar refractivity (Wildman–Crippen MR) is 124 cm³/mol. The molecular weight excluding hydrogens is 420 g/mol. The monoisotopic (exact) mass is 446 g/mol. The lowest BCUT2D eigenvalue weighted by Crippen LogP contribution is -2.37. The van der Waals surface area contributed by atoms with Crippen molar-refractivity contribution in [1.82, 2.24) is 10.6 Å². The molecule has 7 nitrogen and oxygen atoms in total. The maximum absolute atomic E-state index is 12.7. The number of esters is 1. The van der Waals surface area contributed by atoms with E-state index in [0.717, 1.165) is 11.3 Å². The van der Waals surface area contributed by atoms with Gasteiger partial charge in [-0.25, -0.2) is 4.79 Å². The molecular formula is C26H26N2O5. The van der Waals surface area contributed by atoms with Crippen molar-refractivity contribution in [3.8, 4) is 5.75 Å². The molecule has 2 amide bonds. The second kappa shape index (κ2) is 12.0. The molecule has 3 aromatic carbocycles. The molecule has 0 heterocycles. The summed E-state index contributed by atoms with van der Waals surface area (Å²) in [5, 5.41) is 5.42. The third kappa shape index (κ3) is 7.21. The maximum atomic E-state index is 12.7. The SMILES string of the molecule is COc1ccc(CCNC(=O)COC(=O)C(NC(=O)c2ccccc2)c2ccccc2)cc1. The van der Waals surface area contributed by atoms with Gasteiger partial charge in [-0.05, 0) is 41.8 Å². The summed E-state index contributed by atoms with van der Waals surface area (Å²) in [6.07, 6.45) is 0.628. The van der Waals surface area contributed by atoms with Crippen LogP contribution in [0.2, 0.25) is 0 Å². The molecule has 33 heavy (non-hydrogen) atoms. The summed E-state index contributed by atoms with van der Waals surface area (Å²) in [6, 6.07) is 23.8. The normalized spacial score (nSPS) is 11.2. The van der Waals surface area contributed by atoms with E-state index in [9.17, 15) is 14.4 Å². The first-order chi connectivity index (χ1) is 16.1. The van der Waals surface area contributed by atoms with Crippen LogP contribution in [0.4, 0.5) is 0 Å². The van der Waals surface area contributed by atoms with Crippen LogP contribution in [0.1, 0.15) is 27.5 Å². The van der Waals surface area contributed by atoms with Crippen LogP contribution < -0.4 is 15.4 Å². The maximum Gasteiger partial charge on any atom is 0.333 e. The van der Waals surface area contributed by atoms with E-state index in [1.165, 1.54) is 0 Å². The van der Waals surface area contributed by atoms with Gasteiger partial charge in [-0.15, -0.1) is 0 Å². The topological polar surface area (TPSA) is 93.7 Å². The van der Waals surface area contributed by atoms with Crippen LogP contribution in [0.3, 0.4) is 0 Å². The lowest BCUT2D eigenvalue weighted by atomic mass is 10.1. The van der Waals surface area contributed by atoms with Crippen LogP contribution in [0.25, 0.3) is 0 Å². The van der Waals surface area contributed by atoms with Crippen LogP contribution in [-0.2, 0) is 20.7 Å². The number of hydrogen-bond donors (Lipinski definition) is 2. The molecule has 170 valence electrons. The van der Waals surface area contributed by atoms with Crippen molar-refractivity contribution in [2.24, 2.45) is 0 Å². The van der Waals surface area contributed by atoms with Gasteiger partial charge in [-0.1, -0.05) is 60.7 Å². The highest BCUT2D eigenvalue weighted by Gasteiger charge is 2.25. The number of carbonyl (C=O) groups excluding carboxylic acids is 3. The van der Waals surface area contributed by atoms with Gasteiger partial charge in [0.05, 0.1) is 7.11 Å². The largest absolute Gasteiger partial charge is 0.497 e. The Morgan fingerprint density at radius 1 is 0.848 bits per heavy atom. The van der Waals surface area contributed by atoms with Crippen molar-refractivity contribution in [3.63, 3.8) is 0 Å². The number of carbonyl (C=O) groups is 3. The zero-order valence-corrected chi connectivity index (χ0v) is 18.3. The molecule has 1 unspecified atom stereocenters. The molecule has 7 heteroatoms. The molecule has 0 saturated heterocycles. The number of ether oxygens (including phenoxy) is 2. The van der Waals surface area contributed by atoms with Crippen LogP contribution >= 0.6 is 0 Å². The number of nitrogens with one attached hydrogen (secondary N) is 2. The van der Waals surface area contributed by atoms with E-state index in [0.29, 0.717) is 24.1 Å². The lowest BCUT2D eigenvalue weighted by molar-refractivity contribution is -0.150. The first-order valence-electron chi connectivity index (χ1n) is 10.5. The zero-order valence-electron chi connectivity index (χ0n) is 18.3. The third-order valence-electron chi connectivity index (χ3n) is 4.92. The molecule has 1 atom stereocenters. The summed E-state index contributed by atoms with van der Waals surface area (Å²) in [5.41, 5.74) is 2.02. The van der Waals surface area contributed by atoms with E-state index < -0.39 is 30.4 Å². The minimum atomic E-state index is -1.04. The standard InChI is InChI=1S/C26H26N2O5/c1-32-22-14-12-19(13-15-22)16-17-27-23(29)18-33-26(31)24(20-8-4-2-5-9-20)28-25(30)21-10-6-3-7-11-21/h2-15,24H,16-18H2,1H3,(H,27,29)(H,28,30). The highest BCUT2D eigenvalue weighted by Crippen LogP contribution is 2.16. The molecule has 2 N–H and O–H groups in total. The highest BCUT2D eigenvalue weighted by molar-refractivity contribution is 5.97. The quantitative estimate of drug-likeness (QED) is 0.467. The van der Waals surface area contributed by atoms with E-state index in [1.54, 1.807) is 67.8 Å². The zero-order chi connectivity index (χ0) is 23.5. The van der Waals surface area contributed by atoms with Gasteiger partial charge in [0.1, 0.15) is 5.75 Å². The number of rotatable bonds is 10. The Morgan fingerprint density at radius 2 is 1.48 bits per heavy atom. The molecule has 0 fully saturated rings. The molecule has 0 aliphatic rings. The summed E-state index contributed by atoms with van der Waals surface area (Å²) < 4.78 is 10.3. The van der Waals surface area contributed by atoms with Gasteiger partial charge >= 0.3 is 5.97 Å². The number of amides is 2. The third-order valence-corrected chi connectivity index (χ3v) is 4.92. The van der Waals surface area contributed by atoms with Crippen molar-refractivity contribution >= 4 is 17.8 Å². The van der Waals surface area contributed by atoms with Crippen LogP contribution in [0.5, 0.6) is 5.75 Å². The minimum absolute atomic E-state index is 0.398. The fourth-order valence-electron chi connectivity index (χ4n) is 3.14. The number of hydrogen-bond acceptors (Lipinski definition) is 5. The van der Waals surface area contributed by atoms with Crippen molar-refractivity contribution in [2.45, 2.75) is 12.5 Å². The molecule has 0 spiro atoms. The molecule has 0 aromatic heterocycles. The van der Waals surface area contributed by atoms with Crippen molar-refractivity contribution in [1.29, 1.82) is 0 Å². The van der Waals surface area contributed by atoms with Gasteiger partial charge in [-0.3, -0.25) is 9.59 Å². The van der Waals surface area contributed by atoms with Gasteiger partial charge in [0.25, 0.3) is 11.8 Å². The summed E-state index contributed by atoms with van der Waals surface area (Å²) in [5.74, 6) is -0.777. The van der Waals surface area contributed by atoms with E-state index in [1.807, 2.05) is 24.3 Å². The number of benzene rings is 3. The first-order valence-corrected chi connectivity index (χ1v) is 10.5. The van der Waals surface area contributed by atoms with Crippen molar-refractivity contribution in [3.05, 3.63) is 102 Å². The average Bonchev–Trinajstić information content (AvgIpc) is 2.87. The Kier molecular flexibility index (Phi) is 8.59. The van der Waals surface area contributed by atoms with Gasteiger partial charge in [0.2, 0.25) is 0 Å². The number of methoxy groups -OCH3 is 1. The van der Waals surface area contributed by atoms with Crippen molar-refractivity contribution in [2.75, 3.05) is 20.3 Å². The minimum Gasteiger partial charge on any atom is -0.497 e. The Morgan fingerprint density at radius 3 is 2.12 bits per heavy atom. The van der Waals surface area contributed by atoms with Crippen molar-refractivity contribution < 1.29 is 23.9 Å². The molecule has 3 aromatic rings. The summed E-state index contributed by atoms with van der Waals surface area (Å²) >= 11 is 0. The van der Waals surface area contributed by atoms with E-state index in [2.05, 4.69) is 10.6 Å². The average molecular weight is 447 g/mol. The smallest absolute Gasteiger partial charge is 0.333 e. The van der Waals surface area contributed by atoms with Gasteiger partial charge < -0.3 is 20.1 Å². The summed E-state index contributed by atoms with van der Waals surface area (Å²) in [6.45, 7) is -0.0401. The Balaban J connectivity index is 1.53. The fourth-order valence-corrected chi connectivity index (χ4v) is 3.14. The summed E-state index contributed by atoms with van der Waals surface area (Å²) in [4.78, 5) is 37.5. The molecule has 0 aliphatic heterocycles. The Hall–Kier alpha value is -4.13. The van der Waals surface area contributed by atoms with E-state index in [-0.39, 0.29) is 0 Å². The van der Waals surface area contributed by atoms with Crippen LogP contribution in [-0.4, -0.2) is 38.0 Å². The Labute approximate surface area is 192 Å². The van der Waals surface area contributed by atoms with Gasteiger partial charge in [0.15, 0.2) is 12.6 Å². The predicted octanol–water partition coefficient (Wildman–Crippen LogP) is 3.07. The second-order valence-corrected chi connectivity index (χ2v) is 7.24. The van der Waals surface area contributed by atoms with Crippen LogP contribution in [0, 0.1) is 0 Å². The second-order valence-electron chi connectivity index (χ2n) is 7.24. The molecule has 0 radical (unpaired) electrons. The Bertz CT molecular complexity index is 1050. The first kappa shape index (κ1) is 23.5. The van der Waals surface area contributed by atoms with Gasteiger partial charge in [-0.2, -0.15) is 0 Å². The van der Waals surface area contributed by atoms with Gasteiger partial charge in [0, 0.05) is 12.1 Å². The van der Waals surface area contributed by atoms with E-state index in [4.69, 9.17) is 9.47 Å². The fraction of sp³-hybridized carbons (Fsp3) is 0.192. The summed E-state index contributed by atoms with van der Waals surface area (Å²) in [7, 11) is 1.60. The molecule has 0 saturated carbocycles. The van der Waals surface area contributed by atoms with E-state index >= 15 is 0 Å². The lowest BCUT2D eigenvalue weighted by Gasteiger charge is -2.18. The highest BCUT2D eigenvalue weighted by atomic mass is 16.5. The van der Waals surface area contributed by atoms with Crippen LogP contribution in [0.15, 0.2) is 84.9 Å².